The first-order valence-electron chi connectivity index (χ1n) is 9.23. The molecule has 0 radical (unpaired) electrons. The molecular weight excluding hydrogens is 332 g/mol. The first-order valence-corrected chi connectivity index (χ1v) is 9.23. The molecule has 7 heteroatoms. The van der Waals surface area contributed by atoms with Gasteiger partial charge < -0.3 is 9.64 Å². The van der Waals surface area contributed by atoms with Crippen molar-refractivity contribution in [3.05, 3.63) is 23.5 Å². The molecule has 1 saturated heterocycles. The third-order valence-electron chi connectivity index (χ3n) is 4.81. The van der Waals surface area contributed by atoms with Gasteiger partial charge in [0.25, 0.3) is 5.91 Å². The largest absolute Gasteiger partial charge is 0.466 e. The third-order valence-corrected chi connectivity index (χ3v) is 4.81. The van der Waals surface area contributed by atoms with E-state index in [0.717, 1.165) is 23.9 Å². The number of ether oxygens (including phenoxy) is 1. The van der Waals surface area contributed by atoms with E-state index in [2.05, 4.69) is 10.1 Å². The zero-order valence-corrected chi connectivity index (χ0v) is 15.9. The lowest BCUT2D eigenvalue weighted by Crippen LogP contribution is -2.43. The summed E-state index contributed by atoms with van der Waals surface area (Å²) in [6.07, 6.45) is 3.31. The van der Waals surface area contributed by atoms with Gasteiger partial charge in [-0.2, -0.15) is 5.10 Å². The molecule has 1 aliphatic heterocycles. The molecule has 3 heterocycles. The van der Waals surface area contributed by atoms with Crippen molar-refractivity contribution in [2.24, 2.45) is 5.92 Å². The van der Waals surface area contributed by atoms with Crippen LogP contribution in [0, 0.1) is 12.8 Å². The molecule has 0 N–H and O–H groups in total. The molecule has 7 nitrogen and oxygen atoms in total. The first kappa shape index (κ1) is 18.4. The summed E-state index contributed by atoms with van der Waals surface area (Å²) in [7, 11) is 0. The van der Waals surface area contributed by atoms with Crippen molar-refractivity contribution in [2.45, 2.75) is 46.6 Å². The number of amides is 1. The molecule has 0 spiro atoms. The molecule has 1 unspecified atom stereocenters. The highest BCUT2D eigenvalue weighted by Crippen LogP contribution is 2.23. The minimum Gasteiger partial charge on any atom is -0.466 e. The third kappa shape index (κ3) is 3.43. The van der Waals surface area contributed by atoms with Gasteiger partial charge in [0.2, 0.25) is 0 Å². The minimum absolute atomic E-state index is 0.0804. The van der Waals surface area contributed by atoms with Gasteiger partial charge in [-0.05, 0) is 46.6 Å². The molecular formula is C19H26N4O3. The van der Waals surface area contributed by atoms with Gasteiger partial charge in [0.05, 0.1) is 30.0 Å². The van der Waals surface area contributed by atoms with Crippen molar-refractivity contribution in [3.8, 4) is 0 Å². The number of pyridine rings is 1. The van der Waals surface area contributed by atoms with E-state index in [1.807, 2.05) is 31.5 Å². The summed E-state index contributed by atoms with van der Waals surface area (Å²) in [6.45, 7) is 9.15. The maximum atomic E-state index is 13.0. The zero-order valence-electron chi connectivity index (χ0n) is 15.9. The fourth-order valence-corrected chi connectivity index (χ4v) is 3.44. The summed E-state index contributed by atoms with van der Waals surface area (Å²) < 4.78 is 6.98. The van der Waals surface area contributed by atoms with Crippen LogP contribution >= 0.6 is 0 Å². The summed E-state index contributed by atoms with van der Waals surface area (Å²) >= 11 is 0. The van der Waals surface area contributed by atoms with Crippen LogP contribution in [0.15, 0.2) is 12.3 Å². The van der Waals surface area contributed by atoms with Crippen molar-refractivity contribution in [1.82, 2.24) is 19.7 Å². The van der Waals surface area contributed by atoms with Gasteiger partial charge in [0.1, 0.15) is 0 Å². The summed E-state index contributed by atoms with van der Waals surface area (Å²) in [5.41, 5.74) is 2.05. The molecule has 1 amide bonds. The number of fused-ring (bicyclic) bond motifs is 1. The lowest BCUT2D eigenvalue weighted by atomic mass is 9.97. The molecule has 140 valence electrons. The number of carbonyl (C=O) groups excluding carboxylic acids is 2. The van der Waals surface area contributed by atoms with Crippen molar-refractivity contribution < 1.29 is 14.3 Å². The molecule has 1 aliphatic rings. The summed E-state index contributed by atoms with van der Waals surface area (Å²) in [5, 5.41) is 5.23. The number of hydrogen-bond donors (Lipinski definition) is 0. The van der Waals surface area contributed by atoms with Gasteiger partial charge in [-0.15, -0.1) is 0 Å². The van der Waals surface area contributed by atoms with Crippen LogP contribution in [0.4, 0.5) is 0 Å². The number of aromatic nitrogens is 3. The molecule has 2 aromatic heterocycles. The van der Waals surface area contributed by atoms with E-state index in [9.17, 15) is 9.59 Å². The highest BCUT2D eigenvalue weighted by Gasteiger charge is 2.30. The van der Waals surface area contributed by atoms with Gasteiger partial charge in [-0.3, -0.25) is 9.59 Å². The van der Waals surface area contributed by atoms with E-state index >= 15 is 0 Å². The van der Waals surface area contributed by atoms with Crippen molar-refractivity contribution in [2.75, 3.05) is 19.7 Å². The molecule has 0 aromatic carbocycles. The lowest BCUT2D eigenvalue weighted by Gasteiger charge is -2.31. The van der Waals surface area contributed by atoms with Crippen LogP contribution in [-0.2, 0) is 9.53 Å². The highest BCUT2D eigenvalue weighted by molar-refractivity contribution is 5.98. The van der Waals surface area contributed by atoms with Crippen LogP contribution in [0.3, 0.4) is 0 Å². The Morgan fingerprint density at radius 3 is 2.85 bits per heavy atom. The Hall–Kier alpha value is -2.44. The summed E-state index contributed by atoms with van der Waals surface area (Å²) in [4.78, 5) is 31.4. The van der Waals surface area contributed by atoms with Crippen LogP contribution < -0.4 is 0 Å². The van der Waals surface area contributed by atoms with Gasteiger partial charge in [0.15, 0.2) is 5.65 Å². The van der Waals surface area contributed by atoms with E-state index in [1.54, 1.807) is 18.0 Å². The smallest absolute Gasteiger partial charge is 0.310 e. The first-order chi connectivity index (χ1) is 12.4. The lowest BCUT2D eigenvalue weighted by molar-refractivity contribution is -0.149. The fourth-order valence-electron chi connectivity index (χ4n) is 3.44. The second-order valence-electron chi connectivity index (χ2n) is 7.06. The standard InChI is InChI=1S/C19H26N4O3/c1-5-26-19(25)14-7-6-8-22(11-14)18(24)16-9-15-10-20-23(12(2)3)17(15)21-13(16)4/h9-10,12,14H,5-8,11H2,1-4H3. The molecule has 1 fully saturated rings. The monoisotopic (exact) mass is 358 g/mol. The molecule has 1 atom stereocenters. The molecule has 2 aromatic rings. The number of esters is 1. The Kier molecular flexibility index (Phi) is 5.25. The Balaban J connectivity index is 1.85. The Bertz CT molecular complexity index is 828. The van der Waals surface area contributed by atoms with Gasteiger partial charge in [-0.25, -0.2) is 9.67 Å². The van der Waals surface area contributed by atoms with Crippen molar-refractivity contribution in [3.63, 3.8) is 0 Å². The number of likely N-dealkylation sites (tertiary alicyclic amines) is 1. The van der Waals surface area contributed by atoms with Crippen LogP contribution in [-0.4, -0.2) is 51.2 Å². The maximum Gasteiger partial charge on any atom is 0.310 e. The summed E-state index contributed by atoms with van der Waals surface area (Å²) in [5.74, 6) is -0.537. The average Bonchev–Trinajstić information content (AvgIpc) is 3.03. The predicted molar refractivity (Wildman–Crippen MR) is 97.9 cm³/mol. The molecule has 0 aliphatic carbocycles. The quantitative estimate of drug-likeness (QED) is 0.786. The SMILES string of the molecule is CCOC(=O)C1CCCN(C(=O)c2cc3cnn(C(C)C)c3nc2C)C1. The van der Waals surface area contributed by atoms with Crippen LogP contribution in [0.5, 0.6) is 0 Å². The topological polar surface area (TPSA) is 77.3 Å². The summed E-state index contributed by atoms with van der Waals surface area (Å²) in [6, 6.07) is 2.06. The van der Waals surface area contributed by atoms with Gasteiger partial charge >= 0.3 is 5.97 Å². The fraction of sp³-hybridized carbons (Fsp3) is 0.579. The zero-order chi connectivity index (χ0) is 18.8. The normalized spacial score (nSPS) is 17.7. The van der Waals surface area contributed by atoms with E-state index < -0.39 is 0 Å². The number of piperidine rings is 1. The maximum absolute atomic E-state index is 13.0. The number of hydrogen-bond acceptors (Lipinski definition) is 5. The number of carbonyl (C=O) groups is 2. The van der Waals surface area contributed by atoms with Crippen LogP contribution in [0.1, 0.15) is 55.7 Å². The average molecular weight is 358 g/mol. The number of rotatable bonds is 4. The molecule has 0 bridgehead atoms. The van der Waals surface area contributed by atoms with Crippen LogP contribution in [0.25, 0.3) is 11.0 Å². The van der Waals surface area contributed by atoms with Crippen molar-refractivity contribution >= 4 is 22.9 Å². The molecule has 0 saturated carbocycles. The number of aryl methyl sites for hydroxylation is 1. The predicted octanol–water partition coefficient (Wildman–Crippen LogP) is 2.74. The van der Waals surface area contributed by atoms with Crippen LogP contribution in [0.2, 0.25) is 0 Å². The minimum atomic E-state index is -0.242. The Morgan fingerprint density at radius 2 is 2.15 bits per heavy atom. The second kappa shape index (κ2) is 7.43. The Morgan fingerprint density at radius 1 is 1.38 bits per heavy atom. The number of nitrogens with zero attached hydrogens (tertiary/aromatic N) is 4. The highest BCUT2D eigenvalue weighted by atomic mass is 16.5. The van der Waals surface area contributed by atoms with E-state index in [1.165, 1.54) is 0 Å². The second-order valence-corrected chi connectivity index (χ2v) is 7.06. The van der Waals surface area contributed by atoms with Crippen molar-refractivity contribution in [1.29, 1.82) is 0 Å². The molecule has 3 rings (SSSR count). The van der Waals surface area contributed by atoms with E-state index in [4.69, 9.17) is 4.74 Å². The molecule has 26 heavy (non-hydrogen) atoms. The van der Waals surface area contributed by atoms with E-state index in [-0.39, 0.29) is 23.8 Å². The Labute approximate surface area is 153 Å². The van der Waals surface area contributed by atoms with Gasteiger partial charge in [0, 0.05) is 24.5 Å². The van der Waals surface area contributed by atoms with E-state index in [0.29, 0.717) is 31.0 Å². The van der Waals surface area contributed by atoms with Gasteiger partial charge in [-0.1, -0.05) is 0 Å².